The summed E-state index contributed by atoms with van der Waals surface area (Å²) in [6, 6.07) is 11.3. The van der Waals surface area contributed by atoms with Crippen molar-refractivity contribution in [1.29, 1.82) is 0 Å². The van der Waals surface area contributed by atoms with Crippen LogP contribution in [0.5, 0.6) is 0 Å². The van der Waals surface area contributed by atoms with Crippen LogP contribution in [0.15, 0.2) is 36.5 Å². The molecule has 0 amide bonds. The van der Waals surface area contributed by atoms with E-state index in [1.54, 1.807) is 0 Å². The first kappa shape index (κ1) is 15.7. The number of pyridine rings is 1. The lowest BCUT2D eigenvalue weighted by Gasteiger charge is -2.19. The van der Waals surface area contributed by atoms with Crippen LogP contribution in [-0.2, 0) is 6.42 Å². The van der Waals surface area contributed by atoms with E-state index in [0.29, 0.717) is 0 Å². The van der Waals surface area contributed by atoms with Gasteiger partial charge in [-0.05, 0) is 63.4 Å². The van der Waals surface area contributed by atoms with Crippen molar-refractivity contribution in [1.82, 2.24) is 10.3 Å². The molecule has 0 aliphatic rings. The molecule has 0 radical (unpaired) electrons. The number of nitrogens with zero attached hydrogens (tertiary/aromatic N) is 1. The molecule has 1 heterocycles. The quantitative estimate of drug-likeness (QED) is 0.855. The van der Waals surface area contributed by atoms with Crippen LogP contribution in [0, 0.1) is 20.8 Å². The molecule has 2 heteroatoms. The molecule has 1 N–H and O–H groups in total. The van der Waals surface area contributed by atoms with Crippen molar-refractivity contribution in [2.45, 2.75) is 46.6 Å². The Kier molecular flexibility index (Phi) is 5.51. The first-order chi connectivity index (χ1) is 10.1. The predicted molar refractivity (Wildman–Crippen MR) is 89.6 cm³/mol. The number of aryl methyl sites for hydroxylation is 3. The van der Waals surface area contributed by atoms with Gasteiger partial charge in [0.25, 0.3) is 0 Å². The maximum absolute atomic E-state index is 4.57. The summed E-state index contributed by atoms with van der Waals surface area (Å²) in [6.45, 7) is 9.67. The van der Waals surface area contributed by atoms with Crippen molar-refractivity contribution >= 4 is 0 Å². The summed E-state index contributed by atoms with van der Waals surface area (Å²) < 4.78 is 0. The van der Waals surface area contributed by atoms with E-state index in [1.165, 1.54) is 22.3 Å². The summed E-state index contributed by atoms with van der Waals surface area (Å²) in [5, 5.41) is 3.64. The Labute approximate surface area is 128 Å². The fraction of sp³-hybridized carbons (Fsp3) is 0.421. The van der Waals surface area contributed by atoms with Gasteiger partial charge in [0.15, 0.2) is 0 Å². The second kappa shape index (κ2) is 7.37. The Hall–Kier alpha value is -1.67. The Morgan fingerprint density at radius 3 is 2.33 bits per heavy atom. The molecule has 2 rings (SSSR count). The van der Waals surface area contributed by atoms with Crippen molar-refractivity contribution in [2.24, 2.45) is 0 Å². The van der Waals surface area contributed by atoms with Gasteiger partial charge in [-0.15, -0.1) is 0 Å². The average molecular weight is 282 g/mol. The number of aromatic nitrogens is 1. The molecule has 1 aromatic carbocycles. The third-order valence-corrected chi connectivity index (χ3v) is 3.66. The van der Waals surface area contributed by atoms with Crippen molar-refractivity contribution in [3.63, 3.8) is 0 Å². The van der Waals surface area contributed by atoms with Crippen LogP contribution in [0.1, 0.15) is 47.3 Å². The smallest absolute Gasteiger partial charge is 0.0579 e. The zero-order chi connectivity index (χ0) is 15.2. The first-order valence-corrected chi connectivity index (χ1v) is 7.81. The van der Waals surface area contributed by atoms with E-state index in [4.69, 9.17) is 0 Å². The fourth-order valence-electron chi connectivity index (χ4n) is 2.77. The summed E-state index contributed by atoms with van der Waals surface area (Å²) >= 11 is 0. The van der Waals surface area contributed by atoms with Crippen LogP contribution < -0.4 is 5.32 Å². The predicted octanol–water partition coefficient (Wildman–Crippen LogP) is 4.29. The highest BCUT2D eigenvalue weighted by atomic mass is 14.9. The molecule has 21 heavy (non-hydrogen) atoms. The van der Waals surface area contributed by atoms with Gasteiger partial charge in [-0.3, -0.25) is 4.98 Å². The number of hydrogen-bond acceptors (Lipinski definition) is 2. The number of nitrogens with one attached hydrogen (secondary N) is 1. The van der Waals surface area contributed by atoms with Gasteiger partial charge in [0, 0.05) is 6.20 Å². The largest absolute Gasteiger partial charge is 0.308 e. The third kappa shape index (κ3) is 4.68. The van der Waals surface area contributed by atoms with Crippen molar-refractivity contribution < 1.29 is 0 Å². The fourth-order valence-corrected chi connectivity index (χ4v) is 2.77. The van der Waals surface area contributed by atoms with E-state index in [0.717, 1.165) is 25.1 Å². The summed E-state index contributed by atoms with van der Waals surface area (Å²) in [5.74, 6) is 0. The number of rotatable bonds is 6. The van der Waals surface area contributed by atoms with Crippen molar-refractivity contribution in [3.8, 4) is 0 Å². The zero-order valence-corrected chi connectivity index (χ0v) is 13.6. The highest BCUT2D eigenvalue weighted by molar-refractivity contribution is 5.30. The molecule has 112 valence electrons. The van der Waals surface area contributed by atoms with E-state index in [9.17, 15) is 0 Å². The number of benzene rings is 1. The Balaban J connectivity index is 2.23. The van der Waals surface area contributed by atoms with Crippen molar-refractivity contribution in [3.05, 3.63) is 64.5 Å². The van der Waals surface area contributed by atoms with E-state index in [1.807, 2.05) is 6.20 Å². The van der Waals surface area contributed by atoms with Crippen LogP contribution in [0.25, 0.3) is 0 Å². The summed E-state index contributed by atoms with van der Waals surface area (Å²) in [5.41, 5.74) is 6.45. The molecule has 0 fully saturated rings. The van der Waals surface area contributed by atoms with Gasteiger partial charge in [0.1, 0.15) is 0 Å². The molecule has 2 aromatic rings. The van der Waals surface area contributed by atoms with Crippen LogP contribution in [0.3, 0.4) is 0 Å². The lowest BCUT2D eigenvalue weighted by molar-refractivity contribution is 0.517. The second-order valence-electron chi connectivity index (χ2n) is 5.96. The minimum Gasteiger partial charge on any atom is -0.308 e. The summed E-state index contributed by atoms with van der Waals surface area (Å²) in [4.78, 5) is 4.57. The molecule has 2 nitrogen and oxygen atoms in total. The van der Waals surface area contributed by atoms with E-state index in [-0.39, 0.29) is 6.04 Å². The minimum atomic E-state index is 0.283. The molecule has 0 aliphatic carbocycles. The molecule has 0 bridgehead atoms. The minimum absolute atomic E-state index is 0.283. The van der Waals surface area contributed by atoms with Crippen LogP contribution in [-0.4, -0.2) is 11.5 Å². The van der Waals surface area contributed by atoms with Crippen LogP contribution >= 0.6 is 0 Å². The van der Waals surface area contributed by atoms with Gasteiger partial charge in [0.05, 0.1) is 11.7 Å². The van der Waals surface area contributed by atoms with Crippen LogP contribution in [0.2, 0.25) is 0 Å². The first-order valence-electron chi connectivity index (χ1n) is 7.81. The van der Waals surface area contributed by atoms with Crippen LogP contribution in [0.4, 0.5) is 0 Å². The average Bonchev–Trinajstić information content (AvgIpc) is 2.42. The topological polar surface area (TPSA) is 24.9 Å². The summed E-state index contributed by atoms with van der Waals surface area (Å²) in [7, 11) is 0. The van der Waals surface area contributed by atoms with Gasteiger partial charge < -0.3 is 5.32 Å². The van der Waals surface area contributed by atoms with Gasteiger partial charge in [-0.2, -0.15) is 0 Å². The van der Waals surface area contributed by atoms with E-state index >= 15 is 0 Å². The highest BCUT2D eigenvalue weighted by Crippen LogP contribution is 2.19. The molecular formula is C19H26N2. The standard InChI is InChI=1S/C19H26N2/c1-5-7-20-19(18-12-14(2)6-8-21-18)13-17-10-15(3)9-16(4)11-17/h6,8-12,19-20H,5,7,13H2,1-4H3. The molecule has 1 unspecified atom stereocenters. The Bertz CT molecular complexity index is 570. The van der Waals surface area contributed by atoms with Crippen molar-refractivity contribution in [2.75, 3.05) is 6.54 Å². The third-order valence-electron chi connectivity index (χ3n) is 3.66. The zero-order valence-electron chi connectivity index (χ0n) is 13.6. The SMILES string of the molecule is CCCNC(Cc1cc(C)cc(C)c1)c1cc(C)ccn1. The molecule has 0 spiro atoms. The van der Waals surface area contributed by atoms with Gasteiger partial charge >= 0.3 is 0 Å². The Morgan fingerprint density at radius 2 is 1.71 bits per heavy atom. The van der Waals surface area contributed by atoms with E-state index < -0.39 is 0 Å². The molecule has 1 aromatic heterocycles. The lowest BCUT2D eigenvalue weighted by atomic mass is 9.98. The van der Waals surface area contributed by atoms with Gasteiger partial charge in [0.2, 0.25) is 0 Å². The maximum Gasteiger partial charge on any atom is 0.0579 e. The highest BCUT2D eigenvalue weighted by Gasteiger charge is 2.13. The maximum atomic E-state index is 4.57. The molecule has 1 atom stereocenters. The van der Waals surface area contributed by atoms with Gasteiger partial charge in [-0.25, -0.2) is 0 Å². The molecular weight excluding hydrogens is 256 g/mol. The van der Waals surface area contributed by atoms with E-state index in [2.05, 4.69) is 68.3 Å². The Morgan fingerprint density at radius 1 is 1.00 bits per heavy atom. The number of hydrogen-bond donors (Lipinski definition) is 1. The molecule has 0 aliphatic heterocycles. The van der Waals surface area contributed by atoms with Gasteiger partial charge in [-0.1, -0.05) is 36.2 Å². The monoisotopic (exact) mass is 282 g/mol. The lowest BCUT2D eigenvalue weighted by Crippen LogP contribution is -2.25. The molecule has 0 saturated carbocycles. The second-order valence-corrected chi connectivity index (χ2v) is 5.96. The normalized spacial score (nSPS) is 12.4. The summed E-state index contributed by atoms with van der Waals surface area (Å²) in [6.07, 6.45) is 4.03. The molecule has 0 saturated heterocycles.